The molecule has 2 bridgehead atoms. The van der Waals surface area contributed by atoms with Gasteiger partial charge in [-0.1, -0.05) is 0 Å². The molecule has 0 saturated carbocycles. The first-order chi connectivity index (χ1) is 9.29. The number of hydrogen-bond acceptors (Lipinski definition) is 3. The number of carbonyl (C=O) groups is 1. The van der Waals surface area contributed by atoms with Crippen molar-refractivity contribution in [3.05, 3.63) is 36.1 Å². The maximum atomic E-state index is 12.3. The van der Waals surface area contributed by atoms with Crippen LogP contribution in [0.2, 0.25) is 0 Å². The first kappa shape index (κ1) is 13.5. The van der Waals surface area contributed by atoms with Crippen molar-refractivity contribution >= 4 is 29.3 Å². The highest BCUT2D eigenvalue weighted by molar-refractivity contribution is 5.97. The van der Waals surface area contributed by atoms with Crippen molar-refractivity contribution in [2.45, 2.75) is 37.4 Å². The van der Waals surface area contributed by atoms with E-state index in [-0.39, 0.29) is 24.4 Å². The Morgan fingerprint density at radius 3 is 2.95 bits per heavy atom. The van der Waals surface area contributed by atoms with Gasteiger partial charge in [-0.05, 0) is 43.5 Å². The second-order valence-corrected chi connectivity index (χ2v) is 5.54. The van der Waals surface area contributed by atoms with Gasteiger partial charge in [-0.25, -0.2) is 0 Å². The third kappa shape index (κ3) is 2.19. The van der Waals surface area contributed by atoms with Crippen LogP contribution in [-0.4, -0.2) is 24.0 Å². The summed E-state index contributed by atoms with van der Waals surface area (Å²) >= 11 is 0. The molecule has 2 aliphatic heterocycles. The van der Waals surface area contributed by atoms with Crippen molar-refractivity contribution in [1.82, 2.24) is 10.6 Å². The zero-order valence-electron chi connectivity index (χ0n) is 11.0. The molecule has 0 spiro atoms. The number of nitrogens with one attached hydrogen (secondary N) is 2. The molecule has 2 saturated heterocycles. The van der Waals surface area contributed by atoms with E-state index in [1.165, 1.54) is 12.8 Å². The summed E-state index contributed by atoms with van der Waals surface area (Å²) in [5, 5.41) is 7.65. The molecule has 2 N–H and O–H groups in total. The van der Waals surface area contributed by atoms with Crippen molar-refractivity contribution in [2.75, 3.05) is 0 Å². The first-order valence-electron chi connectivity index (χ1n) is 6.84. The third-order valence-corrected chi connectivity index (χ3v) is 4.33. The summed E-state index contributed by atoms with van der Waals surface area (Å²) in [5.74, 6) is 0.0162. The predicted octanol–water partition coefficient (Wildman–Crippen LogP) is 2.48. The van der Waals surface area contributed by atoms with Gasteiger partial charge in [0.25, 0.3) is 5.91 Å². The molecule has 2 fully saturated rings. The minimum Gasteiger partial charge on any atom is -0.464 e. The highest BCUT2D eigenvalue weighted by Gasteiger charge is 2.39. The van der Waals surface area contributed by atoms with Gasteiger partial charge in [-0.3, -0.25) is 4.79 Å². The largest absolute Gasteiger partial charge is 0.464 e. The van der Waals surface area contributed by atoms with E-state index in [2.05, 4.69) is 10.6 Å². The Hall–Kier alpha value is -1.52. The maximum absolute atomic E-state index is 12.3. The fraction of sp³-hybridized carbons (Fsp3) is 0.400. The van der Waals surface area contributed by atoms with Crippen LogP contribution in [0.3, 0.4) is 0 Å². The second-order valence-electron chi connectivity index (χ2n) is 5.54. The molecule has 0 radical (unpaired) electrons. The van der Waals surface area contributed by atoms with Crippen LogP contribution in [0.15, 0.2) is 34.9 Å². The number of furan rings is 1. The lowest BCUT2D eigenvalue weighted by atomic mass is 9.95. The van der Waals surface area contributed by atoms with Crippen LogP contribution >= 0.6 is 12.4 Å². The SMILES string of the molecule is Cl.O=C(N[C@@H]1C[C@H]2CC[C@@H]1N2)c1ccc2occc2c1. The number of rotatable bonds is 2. The van der Waals surface area contributed by atoms with E-state index in [1.54, 1.807) is 6.26 Å². The summed E-state index contributed by atoms with van der Waals surface area (Å²) in [6, 6.07) is 8.79. The van der Waals surface area contributed by atoms with Crippen LogP contribution in [0.1, 0.15) is 29.6 Å². The molecule has 5 heteroatoms. The Bertz CT molecular complexity index is 640. The monoisotopic (exact) mass is 292 g/mol. The van der Waals surface area contributed by atoms with Gasteiger partial charge in [-0.2, -0.15) is 0 Å². The van der Waals surface area contributed by atoms with E-state index in [0.717, 1.165) is 17.4 Å². The van der Waals surface area contributed by atoms with Crippen LogP contribution in [-0.2, 0) is 0 Å². The van der Waals surface area contributed by atoms with E-state index in [1.807, 2.05) is 24.3 Å². The Morgan fingerprint density at radius 2 is 2.20 bits per heavy atom. The smallest absolute Gasteiger partial charge is 0.251 e. The van der Waals surface area contributed by atoms with Gasteiger partial charge in [0, 0.05) is 29.1 Å². The van der Waals surface area contributed by atoms with Gasteiger partial charge < -0.3 is 15.1 Å². The average Bonchev–Trinajstić information content (AvgIpc) is 3.13. The van der Waals surface area contributed by atoms with Crippen LogP contribution in [0.25, 0.3) is 11.0 Å². The van der Waals surface area contributed by atoms with Crippen molar-refractivity contribution < 1.29 is 9.21 Å². The molecule has 1 aromatic carbocycles. The summed E-state index contributed by atoms with van der Waals surface area (Å²) < 4.78 is 5.28. The number of halogens is 1. The summed E-state index contributed by atoms with van der Waals surface area (Å²) in [6.07, 6.45) is 5.13. The highest BCUT2D eigenvalue weighted by Crippen LogP contribution is 2.28. The summed E-state index contributed by atoms with van der Waals surface area (Å²) in [4.78, 5) is 12.3. The van der Waals surface area contributed by atoms with Gasteiger partial charge in [0.05, 0.1) is 6.26 Å². The molecule has 0 unspecified atom stereocenters. The normalized spacial score (nSPS) is 27.5. The Morgan fingerprint density at radius 1 is 1.30 bits per heavy atom. The number of amides is 1. The molecule has 1 amide bonds. The van der Waals surface area contributed by atoms with Gasteiger partial charge in [0.1, 0.15) is 5.58 Å². The summed E-state index contributed by atoms with van der Waals surface area (Å²) in [6.45, 7) is 0. The fourth-order valence-electron chi connectivity index (χ4n) is 3.34. The third-order valence-electron chi connectivity index (χ3n) is 4.33. The molecule has 1 aromatic heterocycles. The van der Waals surface area contributed by atoms with Gasteiger partial charge in [0.2, 0.25) is 0 Å². The van der Waals surface area contributed by atoms with Crippen molar-refractivity contribution in [3.8, 4) is 0 Å². The topological polar surface area (TPSA) is 54.3 Å². The van der Waals surface area contributed by atoms with E-state index < -0.39 is 0 Å². The lowest BCUT2D eigenvalue weighted by molar-refractivity contribution is 0.0931. The molecule has 106 valence electrons. The fourth-order valence-corrected chi connectivity index (χ4v) is 3.34. The Balaban J connectivity index is 0.00000121. The summed E-state index contributed by atoms with van der Waals surface area (Å²) in [7, 11) is 0. The van der Waals surface area contributed by atoms with Crippen molar-refractivity contribution in [2.24, 2.45) is 0 Å². The molecule has 2 aliphatic rings. The first-order valence-corrected chi connectivity index (χ1v) is 6.84. The molecule has 0 aliphatic carbocycles. The summed E-state index contributed by atoms with van der Waals surface area (Å²) in [5.41, 5.74) is 1.52. The highest BCUT2D eigenvalue weighted by atomic mass is 35.5. The molecule has 3 atom stereocenters. The number of hydrogen-bond donors (Lipinski definition) is 2. The van der Waals surface area contributed by atoms with E-state index in [9.17, 15) is 4.79 Å². The molecule has 4 nitrogen and oxygen atoms in total. The second kappa shape index (κ2) is 5.11. The van der Waals surface area contributed by atoms with E-state index in [4.69, 9.17) is 4.42 Å². The molecule has 20 heavy (non-hydrogen) atoms. The van der Waals surface area contributed by atoms with Crippen LogP contribution in [0.5, 0.6) is 0 Å². The molecule has 2 aromatic rings. The average molecular weight is 293 g/mol. The van der Waals surface area contributed by atoms with Crippen molar-refractivity contribution in [3.63, 3.8) is 0 Å². The number of fused-ring (bicyclic) bond motifs is 3. The van der Waals surface area contributed by atoms with Crippen LogP contribution in [0, 0.1) is 0 Å². The predicted molar refractivity (Wildman–Crippen MR) is 79.3 cm³/mol. The van der Waals surface area contributed by atoms with Gasteiger partial charge >= 0.3 is 0 Å². The minimum absolute atomic E-state index is 0. The Labute approximate surface area is 123 Å². The zero-order chi connectivity index (χ0) is 12.8. The number of benzene rings is 1. The quantitative estimate of drug-likeness (QED) is 0.894. The zero-order valence-corrected chi connectivity index (χ0v) is 11.8. The van der Waals surface area contributed by atoms with Gasteiger partial charge in [0.15, 0.2) is 0 Å². The Kier molecular flexibility index (Phi) is 3.44. The standard InChI is InChI=1S/C15H16N2O2.ClH/c18-15(17-13-8-11-2-3-12(13)16-11)10-1-4-14-9(7-10)5-6-19-14;/h1,4-7,11-13,16H,2-3,8H2,(H,17,18);1H/t11-,12+,13-;/m1./s1. The van der Waals surface area contributed by atoms with Crippen LogP contribution < -0.4 is 10.6 Å². The minimum atomic E-state index is 0. The van der Waals surface area contributed by atoms with Crippen LogP contribution in [0.4, 0.5) is 0 Å². The van der Waals surface area contributed by atoms with E-state index >= 15 is 0 Å². The van der Waals surface area contributed by atoms with Gasteiger partial charge in [-0.15, -0.1) is 12.4 Å². The maximum Gasteiger partial charge on any atom is 0.251 e. The number of carbonyl (C=O) groups excluding carboxylic acids is 1. The lowest BCUT2D eigenvalue weighted by Gasteiger charge is -2.21. The van der Waals surface area contributed by atoms with E-state index in [0.29, 0.717) is 17.6 Å². The lowest BCUT2D eigenvalue weighted by Crippen LogP contribution is -2.42. The molecular weight excluding hydrogens is 276 g/mol. The molecule has 4 rings (SSSR count). The molecular formula is C15H17ClN2O2. The van der Waals surface area contributed by atoms with Crippen molar-refractivity contribution in [1.29, 1.82) is 0 Å². The molecule has 3 heterocycles.